The Bertz CT molecular complexity index is 637. The predicted octanol–water partition coefficient (Wildman–Crippen LogP) is 2.39. The Morgan fingerprint density at radius 1 is 1.20 bits per heavy atom. The second-order valence-corrected chi connectivity index (χ2v) is 5.08. The Labute approximate surface area is 114 Å². The molecule has 20 heavy (non-hydrogen) atoms. The van der Waals surface area contributed by atoms with Crippen LogP contribution in [0.1, 0.15) is 35.8 Å². The molecule has 1 aromatic carbocycles. The third-order valence-electron chi connectivity index (χ3n) is 3.72. The number of nitrogens with zero attached hydrogens (tertiary/aromatic N) is 2. The number of fused-ring (bicyclic) bond motifs is 1. The maximum absolute atomic E-state index is 13.6. The van der Waals surface area contributed by atoms with E-state index in [0.717, 1.165) is 18.6 Å². The van der Waals surface area contributed by atoms with Crippen LogP contribution in [0, 0.1) is 5.82 Å². The third kappa shape index (κ3) is 1.87. The third-order valence-corrected chi connectivity index (χ3v) is 3.72. The van der Waals surface area contributed by atoms with Crippen LogP contribution in [0.25, 0.3) is 0 Å². The van der Waals surface area contributed by atoms with Crippen molar-refractivity contribution in [1.29, 1.82) is 0 Å². The van der Waals surface area contributed by atoms with E-state index in [1.807, 2.05) is 6.07 Å². The van der Waals surface area contributed by atoms with Crippen LogP contribution >= 0.6 is 0 Å². The summed E-state index contributed by atoms with van der Waals surface area (Å²) in [5.74, 6) is 1.09. The van der Waals surface area contributed by atoms with Crippen LogP contribution in [-0.2, 0) is 11.2 Å². The molecular formula is C14H13FN2O3. The lowest BCUT2D eigenvalue weighted by molar-refractivity contribution is 0.179. The van der Waals surface area contributed by atoms with Gasteiger partial charge >= 0.3 is 0 Å². The number of rotatable bonds is 2. The van der Waals surface area contributed by atoms with E-state index in [-0.39, 0.29) is 11.7 Å². The Morgan fingerprint density at radius 2 is 2.10 bits per heavy atom. The van der Waals surface area contributed by atoms with Crippen LogP contribution in [0.2, 0.25) is 0 Å². The molecule has 0 aliphatic carbocycles. The fraction of sp³-hybridized carbons (Fsp3) is 0.429. The lowest BCUT2D eigenvalue weighted by Gasteiger charge is -2.05. The first-order valence-corrected chi connectivity index (χ1v) is 6.66. The Balaban J connectivity index is 1.57. The average molecular weight is 276 g/mol. The maximum atomic E-state index is 13.6. The van der Waals surface area contributed by atoms with Crippen LogP contribution in [0.5, 0.6) is 5.75 Å². The van der Waals surface area contributed by atoms with E-state index in [9.17, 15) is 4.39 Å². The summed E-state index contributed by atoms with van der Waals surface area (Å²) in [4.78, 5) is 0. The van der Waals surface area contributed by atoms with E-state index < -0.39 is 6.10 Å². The molecule has 0 bridgehead atoms. The highest BCUT2D eigenvalue weighted by Gasteiger charge is 2.32. The first kappa shape index (κ1) is 11.8. The van der Waals surface area contributed by atoms with Crippen molar-refractivity contribution in [2.75, 3.05) is 13.2 Å². The summed E-state index contributed by atoms with van der Waals surface area (Å²) in [5, 5.41) is 8.09. The van der Waals surface area contributed by atoms with Gasteiger partial charge in [0.05, 0.1) is 12.5 Å². The standard InChI is InChI=1S/C14H13FN2O3/c15-10-3-1-2-8-6-11(19-12(8)10)14-17-16-13(20-14)9-4-5-18-7-9/h1-3,9,11H,4-7H2. The summed E-state index contributed by atoms with van der Waals surface area (Å²) < 4.78 is 30.2. The van der Waals surface area contributed by atoms with Crippen molar-refractivity contribution in [3.05, 3.63) is 41.4 Å². The van der Waals surface area contributed by atoms with Crippen molar-refractivity contribution in [2.45, 2.75) is 24.9 Å². The summed E-state index contributed by atoms with van der Waals surface area (Å²) >= 11 is 0. The average Bonchev–Trinajstić information content (AvgIpc) is 3.18. The summed E-state index contributed by atoms with van der Waals surface area (Å²) in [6, 6.07) is 4.91. The monoisotopic (exact) mass is 276 g/mol. The smallest absolute Gasteiger partial charge is 0.257 e. The van der Waals surface area contributed by atoms with Gasteiger partial charge in [-0.25, -0.2) is 4.39 Å². The van der Waals surface area contributed by atoms with Crippen LogP contribution < -0.4 is 4.74 Å². The van der Waals surface area contributed by atoms with Gasteiger partial charge in [0.1, 0.15) is 0 Å². The topological polar surface area (TPSA) is 57.4 Å². The summed E-state index contributed by atoms with van der Waals surface area (Å²) in [5.41, 5.74) is 0.832. The molecule has 4 rings (SSSR count). The normalized spacial score (nSPS) is 24.6. The predicted molar refractivity (Wildman–Crippen MR) is 65.9 cm³/mol. The summed E-state index contributed by atoms with van der Waals surface area (Å²) in [6.07, 6.45) is 1.04. The van der Waals surface area contributed by atoms with Gasteiger partial charge in [-0.15, -0.1) is 10.2 Å². The van der Waals surface area contributed by atoms with Gasteiger partial charge in [0.2, 0.25) is 5.89 Å². The van der Waals surface area contributed by atoms with Gasteiger partial charge in [-0.1, -0.05) is 12.1 Å². The molecule has 1 saturated heterocycles. The molecule has 0 amide bonds. The van der Waals surface area contributed by atoms with E-state index in [1.165, 1.54) is 6.07 Å². The van der Waals surface area contributed by atoms with Gasteiger partial charge in [0.25, 0.3) is 5.89 Å². The second kappa shape index (κ2) is 4.56. The van der Waals surface area contributed by atoms with Crippen molar-refractivity contribution < 1.29 is 18.3 Å². The lowest BCUT2D eigenvalue weighted by atomic mass is 10.1. The minimum atomic E-state index is -0.398. The minimum absolute atomic E-state index is 0.164. The first-order chi connectivity index (χ1) is 9.81. The fourth-order valence-corrected chi connectivity index (χ4v) is 2.64. The molecule has 2 unspecified atom stereocenters. The van der Waals surface area contributed by atoms with Gasteiger partial charge in [-0.2, -0.15) is 0 Å². The summed E-state index contributed by atoms with van der Waals surface area (Å²) in [6.45, 7) is 1.33. The molecule has 2 aromatic rings. The van der Waals surface area contributed by atoms with Gasteiger partial charge in [0.15, 0.2) is 17.7 Å². The van der Waals surface area contributed by atoms with Crippen LogP contribution in [0.4, 0.5) is 4.39 Å². The van der Waals surface area contributed by atoms with Gasteiger partial charge in [-0.3, -0.25) is 0 Å². The SMILES string of the molecule is Fc1cccc2c1OC(c1nnc(C3CCOC3)o1)C2. The molecule has 0 N–H and O–H groups in total. The second-order valence-electron chi connectivity index (χ2n) is 5.08. The number of halogens is 1. The molecule has 5 nitrogen and oxygen atoms in total. The Morgan fingerprint density at radius 3 is 2.90 bits per heavy atom. The summed E-state index contributed by atoms with van der Waals surface area (Å²) in [7, 11) is 0. The van der Waals surface area contributed by atoms with Crippen molar-refractivity contribution in [2.24, 2.45) is 0 Å². The van der Waals surface area contributed by atoms with Gasteiger partial charge < -0.3 is 13.9 Å². The molecular weight excluding hydrogens is 263 g/mol. The number of ether oxygens (including phenoxy) is 2. The number of benzene rings is 1. The lowest BCUT2D eigenvalue weighted by Crippen LogP contribution is -2.03. The van der Waals surface area contributed by atoms with Gasteiger partial charge in [0, 0.05) is 18.6 Å². The van der Waals surface area contributed by atoms with E-state index in [2.05, 4.69) is 10.2 Å². The molecule has 2 aliphatic heterocycles. The molecule has 3 heterocycles. The first-order valence-electron chi connectivity index (χ1n) is 6.66. The molecule has 1 aromatic heterocycles. The minimum Gasteiger partial charge on any atom is -0.477 e. The van der Waals surface area contributed by atoms with Crippen LogP contribution in [0.3, 0.4) is 0 Å². The molecule has 0 saturated carbocycles. The van der Waals surface area contributed by atoms with E-state index in [0.29, 0.717) is 30.6 Å². The quantitative estimate of drug-likeness (QED) is 0.843. The Kier molecular flexibility index (Phi) is 2.70. The fourth-order valence-electron chi connectivity index (χ4n) is 2.64. The van der Waals surface area contributed by atoms with Crippen LogP contribution in [0.15, 0.2) is 22.6 Å². The zero-order valence-corrected chi connectivity index (χ0v) is 10.7. The van der Waals surface area contributed by atoms with Crippen LogP contribution in [-0.4, -0.2) is 23.4 Å². The highest BCUT2D eigenvalue weighted by Crippen LogP contribution is 2.38. The molecule has 0 spiro atoms. The van der Waals surface area contributed by atoms with Crippen molar-refractivity contribution in [1.82, 2.24) is 10.2 Å². The molecule has 6 heteroatoms. The zero-order chi connectivity index (χ0) is 13.5. The molecule has 2 atom stereocenters. The molecule has 2 aliphatic rings. The molecule has 104 valence electrons. The van der Waals surface area contributed by atoms with E-state index >= 15 is 0 Å². The van der Waals surface area contributed by atoms with E-state index in [1.54, 1.807) is 6.07 Å². The molecule has 0 radical (unpaired) electrons. The van der Waals surface area contributed by atoms with E-state index in [4.69, 9.17) is 13.9 Å². The zero-order valence-electron chi connectivity index (χ0n) is 10.7. The molecule has 1 fully saturated rings. The number of para-hydroxylation sites is 1. The Hall–Kier alpha value is -1.95. The van der Waals surface area contributed by atoms with Crippen molar-refractivity contribution in [3.63, 3.8) is 0 Å². The number of aromatic nitrogens is 2. The maximum Gasteiger partial charge on any atom is 0.257 e. The highest BCUT2D eigenvalue weighted by molar-refractivity contribution is 5.39. The number of hydrogen-bond donors (Lipinski definition) is 0. The van der Waals surface area contributed by atoms with Crippen molar-refractivity contribution >= 4 is 0 Å². The number of hydrogen-bond acceptors (Lipinski definition) is 5. The highest BCUT2D eigenvalue weighted by atomic mass is 19.1. The van der Waals surface area contributed by atoms with Gasteiger partial charge in [-0.05, 0) is 12.5 Å². The largest absolute Gasteiger partial charge is 0.477 e. The van der Waals surface area contributed by atoms with Crippen molar-refractivity contribution in [3.8, 4) is 5.75 Å².